The molecule has 0 unspecified atom stereocenters. The molecule has 8 heteroatoms. The third kappa shape index (κ3) is 2.74. The average Bonchev–Trinajstić information content (AvgIpc) is 2.87. The molecular weight excluding hydrogens is 352 g/mol. The molecule has 0 fully saturated rings. The highest BCUT2D eigenvalue weighted by molar-refractivity contribution is 8.16. The van der Waals surface area contributed by atoms with Crippen molar-refractivity contribution < 1.29 is 9.59 Å². The molecule has 1 aliphatic heterocycles. The largest absolute Gasteiger partial charge is 0.339 e. The summed E-state index contributed by atoms with van der Waals surface area (Å²) in [6.07, 6.45) is 1.17. The third-order valence-corrected chi connectivity index (χ3v) is 4.90. The summed E-state index contributed by atoms with van der Waals surface area (Å²) in [7, 11) is 0. The first-order chi connectivity index (χ1) is 11.6. The van der Waals surface area contributed by atoms with Crippen molar-refractivity contribution in [1.29, 1.82) is 0 Å². The Kier molecular flexibility index (Phi) is 4.73. The number of rotatable bonds is 5. The van der Waals surface area contributed by atoms with Crippen molar-refractivity contribution in [3.05, 3.63) is 51.2 Å². The molecule has 3 rings (SSSR count). The van der Waals surface area contributed by atoms with Crippen molar-refractivity contribution in [1.82, 2.24) is 9.13 Å². The first-order valence-corrected chi connectivity index (χ1v) is 8.69. The van der Waals surface area contributed by atoms with E-state index in [1.54, 1.807) is 30.3 Å². The predicted octanol–water partition coefficient (Wildman–Crippen LogP) is 1.97. The number of halogens is 1. The number of aromatic nitrogens is 2. The lowest BCUT2D eigenvalue weighted by Crippen LogP contribution is -2.42. The monoisotopic (exact) mass is 364 g/mol. The normalized spacial score (nSPS) is 13.4. The Morgan fingerprint density at radius 1 is 1.00 bits per heavy atom. The summed E-state index contributed by atoms with van der Waals surface area (Å²) in [5, 5.41) is -0.665. The molecule has 2 heterocycles. The highest BCUT2D eigenvalue weighted by atomic mass is 35.5. The highest BCUT2D eigenvalue weighted by Crippen LogP contribution is 2.32. The van der Waals surface area contributed by atoms with Crippen LogP contribution in [0.5, 0.6) is 0 Å². The van der Waals surface area contributed by atoms with E-state index in [1.165, 1.54) is 0 Å². The molecule has 0 N–H and O–H groups in total. The van der Waals surface area contributed by atoms with Gasteiger partial charge in [-0.3, -0.25) is 19.0 Å². The van der Waals surface area contributed by atoms with Gasteiger partial charge < -0.3 is 0 Å². The van der Waals surface area contributed by atoms with Gasteiger partial charge in [-0.15, -0.1) is 11.6 Å². The number of benzene rings is 1. The van der Waals surface area contributed by atoms with Crippen LogP contribution in [-0.4, -0.2) is 26.0 Å². The van der Waals surface area contributed by atoms with E-state index in [4.69, 9.17) is 11.6 Å². The first kappa shape index (κ1) is 16.7. The van der Waals surface area contributed by atoms with Crippen LogP contribution in [-0.2, 0) is 11.3 Å². The molecule has 0 saturated heterocycles. The van der Waals surface area contributed by atoms with Crippen LogP contribution in [0.2, 0.25) is 0 Å². The topological polar surface area (TPSA) is 78.1 Å². The Bertz CT molecular complexity index is 934. The van der Waals surface area contributed by atoms with Gasteiger partial charge in [0.2, 0.25) is 0 Å². The van der Waals surface area contributed by atoms with E-state index >= 15 is 0 Å². The van der Waals surface area contributed by atoms with E-state index in [1.807, 2.05) is 0 Å². The molecule has 24 heavy (non-hydrogen) atoms. The van der Waals surface area contributed by atoms with Crippen LogP contribution in [0.1, 0.15) is 17.6 Å². The van der Waals surface area contributed by atoms with Crippen molar-refractivity contribution >= 4 is 34.4 Å². The van der Waals surface area contributed by atoms with Gasteiger partial charge in [0.1, 0.15) is 5.03 Å². The number of carbonyl (C=O) groups excluding carboxylic acids is 2. The number of thioether (sulfide) groups is 1. The SMILES string of the molecule is O=C1Sc2c(-c3ccccc3)c(=O)n(CCCCCl)c(=O)n2C1=O. The summed E-state index contributed by atoms with van der Waals surface area (Å²) >= 11 is 6.26. The molecule has 0 aliphatic carbocycles. The molecule has 0 saturated carbocycles. The molecule has 0 bridgehead atoms. The molecule has 1 aromatic carbocycles. The van der Waals surface area contributed by atoms with Gasteiger partial charge in [-0.25, -0.2) is 9.36 Å². The molecule has 1 aromatic heterocycles. The predicted molar refractivity (Wildman–Crippen MR) is 91.8 cm³/mol. The van der Waals surface area contributed by atoms with Gasteiger partial charge in [-0.1, -0.05) is 30.3 Å². The second kappa shape index (κ2) is 6.78. The molecule has 124 valence electrons. The van der Waals surface area contributed by atoms with Gasteiger partial charge in [0.15, 0.2) is 0 Å². The van der Waals surface area contributed by atoms with Gasteiger partial charge >= 0.3 is 11.6 Å². The summed E-state index contributed by atoms with van der Waals surface area (Å²) in [6.45, 7) is 0.149. The summed E-state index contributed by atoms with van der Waals surface area (Å²) < 4.78 is 1.81. The second-order valence-corrected chi connectivity index (χ2v) is 6.55. The second-order valence-electron chi connectivity index (χ2n) is 5.21. The minimum Gasteiger partial charge on any atom is -0.276 e. The molecule has 0 spiro atoms. The Morgan fingerprint density at radius 3 is 2.38 bits per heavy atom. The summed E-state index contributed by atoms with van der Waals surface area (Å²) in [6, 6.07) is 8.70. The van der Waals surface area contributed by atoms with Gasteiger partial charge in [0, 0.05) is 12.4 Å². The molecule has 0 radical (unpaired) electrons. The van der Waals surface area contributed by atoms with Crippen LogP contribution in [0.4, 0.5) is 0 Å². The molecule has 2 aromatic rings. The van der Waals surface area contributed by atoms with Crippen LogP contribution in [0.3, 0.4) is 0 Å². The fourth-order valence-electron chi connectivity index (χ4n) is 2.54. The van der Waals surface area contributed by atoms with Crippen LogP contribution < -0.4 is 11.2 Å². The van der Waals surface area contributed by atoms with E-state index in [0.717, 1.165) is 9.13 Å². The van der Waals surface area contributed by atoms with E-state index in [9.17, 15) is 19.2 Å². The Labute approximate surface area is 146 Å². The number of hydrogen-bond acceptors (Lipinski definition) is 5. The fraction of sp³-hybridized carbons (Fsp3) is 0.250. The lowest BCUT2D eigenvalue weighted by atomic mass is 10.1. The van der Waals surface area contributed by atoms with Crippen molar-refractivity contribution in [3.8, 4) is 11.1 Å². The van der Waals surface area contributed by atoms with Crippen LogP contribution in [0.15, 0.2) is 44.9 Å². The van der Waals surface area contributed by atoms with Gasteiger partial charge in [-0.05, 0) is 30.2 Å². The quantitative estimate of drug-likeness (QED) is 0.351. The minimum absolute atomic E-state index is 0.0970. The molecule has 6 nitrogen and oxygen atoms in total. The zero-order valence-corrected chi connectivity index (χ0v) is 14.1. The maximum absolute atomic E-state index is 12.8. The van der Waals surface area contributed by atoms with Crippen molar-refractivity contribution in [2.24, 2.45) is 0 Å². The maximum atomic E-state index is 12.8. The van der Waals surface area contributed by atoms with Gasteiger partial charge in [-0.2, -0.15) is 0 Å². The van der Waals surface area contributed by atoms with Crippen LogP contribution in [0.25, 0.3) is 11.1 Å². The van der Waals surface area contributed by atoms with Gasteiger partial charge in [0.05, 0.1) is 5.56 Å². The number of unbranched alkanes of at least 4 members (excludes halogenated alkanes) is 1. The third-order valence-electron chi connectivity index (χ3n) is 3.69. The highest BCUT2D eigenvalue weighted by Gasteiger charge is 2.35. The Hall–Kier alpha value is -2.12. The number of alkyl halides is 1. The number of carbonyl (C=O) groups is 2. The summed E-state index contributed by atoms with van der Waals surface area (Å²) in [4.78, 5) is 49.2. The summed E-state index contributed by atoms with van der Waals surface area (Å²) in [5.74, 6) is -0.497. The van der Waals surface area contributed by atoms with Crippen LogP contribution >= 0.6 is 23.4 Å². The van der Waals surface area contributed by atoms with E-state index in [0.29, 0.717) is 36.0 Å². The number of fused-ring (bicyclic) bond motifs is 1. The lowest BCUT2D eigenvalue weighted by Gasteiger charge is -2.12. The van der Waals surface area contributed by atoms with Crippen LogP contribution in [0, 0.1) is 0 Å². The molecular formula is C16H13ClN2O4S. The first-order valence-electron chi connectivity index (χ1n) is 7.34. The standard InChI is InChI=1S/C16H13ClN2O4S/c17-8-4-5-9-18-12(20)11(10-6-2-1-3-7-10)14-19(16(18)23)13(21)15(22)24-14/h1-3,6-7H,4-5,8-9H2. The maximum Gasteiger partial charge on any atom is 0.339 e. The zero-order chi connectivity index (χ0) is 17.3. The molecule has 0 atom stereocenters. The summed E-state index contributed by atoms with van der Waals surface area (Å²) in [5.41, 5.74) is -0.507. The van der Waals surface area contributed by atoms with Crippen molar-refractivity contribution in [2.45, 2.75) is 24.4 Å². The molecule has 0 amide bonds. The number of nitrogens with zero attached hydrogens (tertiary/aromatic N) is 2. The van der Waals surface area contributed by atoms with Crippen molar-refractivity contribution in [3.63, 3.8) is 0 Å². The zero-order valence-electron chi connectivity index (χ0n) is 12.5. The number of hydrogen-bond donors (Lipinski definition) is 0. The Morgan fingerprint density at radius 2 is 1.71 bits per heavy atom. The van der Waals surface area contributed by atoms with E-state index in [-0.39, 0.29) is 17.1 Å². The minimum atomic E-state index is -0.914. The molecule has 1 aliphatic rings. The van der Waals surface area contributed by atoms with Gasteiger partial charge in [0.25, 0.3) is 10.7 Å². The average molecular weight is 365 g/mol. The Balaban J connectivity index is 2.28. The van der Waals surface area contributed by atoms with Crippen molar-refractivity contribution in [2.75, 3.05) is 5.88 Å². The van der Waals surface area contributed by atoms with E-state index < -0.39 is 22.3 Å². The van der Waals surface area contributed by atoms with E-state index in [2.05, 4.69) is 0 Å². The fourth-order valence-corrected chi connectivity index (χ4v) is 3.65. The lowest BCUT2D eigenvalue weighted by molar-refractivity contribution is -0.107. The smallest absolute Gasteiger partial charge is 0.276 e.